The SMILES string of the molecule is CCCNC(C)COc1cccc(OCC)c1. The maximum absolute atomic E-state index is 5.71. The topological polar surface area (TPSA) is 30.5 Å². The molecule has 0 amide bonds. The third-order valence-electron chi connectivity index (χ3n) is 2.36. The first-order chi connectivity index (χ1) is 8.26. The van der Waals surface area contributed by atoms with Crippen LogP contribution >= 0.6 is 0 Å². The van der Waals surface area contributed by atoms with Crippen molar-refractivity contribution in [3.8, 4) is 11.5 Å². The van der Waals surface area contributed by atoms with E-state index in [0.29, 0.717) is 19.3 Å². The van der Waals surface area contributed by atoms with E-state index in [4.69, 9.17) is 9.47 Å². The monoisotopic (exact) mass is 237 g/mol. The van der Waals surface area contributed by atoms with Gasteiger partial charge in [0.2, 0.25) is 0 Å². The smallest absolute Gasteiger partial charge is 0.123 e. The molecule has 1 rings (SSSR count). The molecule has 0 aliphatic heterocycles. The van der Waals surface area contributed by atoms with E-state index >= 15 is 0 Å². The van der Waals surface area contributed by atoms with Gasteiger partial charge in [-0.05, 0) is 38.9 Å². The van der Waals surface area contributed by atoms with E-state index in [-0.39, 0.29) is 0 Å². The molecule has 1 aromatic rings. The highest BCUT2D eigenvalue weighted by Gasteiger charge is 2.02. The highest BCUT2D eigenvalue weighted by molar-refractivity contribution is 5.32. The van der Waals surface area contributed by atoms with Crippen LogP contribution in [-0.4, -0.2) is 25.8 Å². The molecule has 0 aliphatic carbocycles. The summed E-state index contributed by atoms with van der Waals surface area (Å²) >= 11 is 0. The van der Waals surface area contributed by atoms with E-state index in [2.05, 4.69) is 19.2 Å². The predicted octanol–water partition coefficient (Wildman–Crippen LogP) is 2.85. The van der Waals surface area contributed by atoms with E-state index in [1.54, 1.807) is 0 Å². The molecule has 0 aliphatic rings. The standard InChI is InChI=1S/C14H23NO2/c1-4-9-15-12(3)11-17-14-8-6-7-13(10-14)16-5-2/h6-8,10,12,15H,4-5,9,11H2,1-3H3. The molecule has 0 bridgehead atoms. The molecule has 0 saturated carbocycles. The molecule has 96 valence electrons. The zero-order chi connectivity index (χ0) is 12.5. The van der Waals surface area contributed by atoms with Crippen LogP contribution in [0.4, 0.5) is 0 Å². The quantitative estimate of drug-likeness (QED) is 0.754. The fourth-order valence-electron chi connectivity index (χ4n) is 1.49. The van der Waals surface area contributed by atoms with Crippen LogP contribution in [0.2, 0.25) is 0 Å². The summed E-state index contributed by atoms with van der Waals surface area (Å²) < 4.78 is 11.1. The summed E-state index contributed by atoms with van der Waals surface area (Å²) in [5, 5.41) is 3.39. The second-order valence-electron chi connectivity index (χ2n) is 4.07. The van der Waals surface area contributed by atoms with E-state index in [0.717, 1.165) is 24.5 Å². The molecule has 0 heterocycles. The summed E-state index contributed by atoms with van der Waals surface area (Å²) in [5.41, 5.74) is 0. The summed E-state index contributed by atoms with van der Waals surface area (Å²) in [6.07, 6.45) is 1.14. The molecule has 0 radical (unpaired) electrons. The highest BCUT2D eigenvalue weighted by Crippen LogP contribution is 2.19. The highest BCUT2D eigenvalue weighted by atomic mass is 16.5. The van der Waals surface area contributed by atoms with Gasteiger partial charge in [-0.15, -0.1) is 0 Å². The van der Waals surface area contributed by atoms with Gasteiger partial charge in [0, 0.05) is 12.1 Å². The lowest BCUT2D eigenvalue weighted by Gasteiger charge is -2.14. The average Bonchev–Trinajstić information content (AvgIpc) is 2.35. The lowest BCUT2D eigenvalue weighted by atomic mass is 10.3. The number of benzene rings is 1. The Morgan fingerprint density at radius 1 is 1.18 bits per heavy atom. The zero-order valence-electron chi connectivity index (χ0n) is 11.0. The van der Waals surface area contributed by atoms with E-state index in [1.165, 1.54) is 0 Å². The van der Waals surface area contributed by atoms with Gasteiger partial charge in [-0.25, -0.2) is 0 Å². The lowest BCUT2D eigenvalue weighted by Crippen LogP contribution is -2.32. The number of rotatable bonds is 8. The third kappa shape index (κ3) is 5.59. The van der Waals surface area contributed by atoms with Gasteiger partial charge in [-0.2, -0.15) is 0 Å². The number of hydrogen-bond acceptors (Lipinski definition) is 3. The van der Waals surface area contributed by atoms with Crippen LogP contribution in [0.5, 0.6) is 11.5 Å². The molecule has 1 aromatic carbocycles. The number of hydrogen-bond donors (Lipinski definition) is 1. The normalized spacial score (nSPS) is 12.2. The summed E-state index contributed by atoms with van der Waals surface area (Å²) in [4.78, 5) is 0. The molecule has 0 aromatic heterocycles. The minimum atomic E-state index is 0.366. The Morgan fingerprint density at radius 3 is 2.53 bits per heavy atom. The van der Waals surface area contributed by atoms with Gasteiger partial charge in [0.25, 0.3) is 0 Å². The van der Waals surface area contributed by atoms with Crippen LogP contribution < -0.4 is 14.8 Å². The van der Waals surface area contributed by atoms with Gasteiger partial charge in [0.05, 0.1) is 6.61 Å². The van der Waals surface area contributed by atoms with Gasteiger partial charge in [0.15, 0.2) is 0 Å². The van der Waals surface area contributed by atoms with Crippen molar-refractivity contribution in [2.75, 3.05) is 19.8 Å². The van der Waals surface area contributed by atoms with Crippen LogP contribution in [0.25, 0.3) is 0 Å². The Morgan fingerprint density at radius 2 is 1.88 bits per heavy atom. The van der Waals surface area contributed by atoms with Crippen molar-refractivity contribution in [3.05, 3.63) is 24.3 Å². The molecule has 3 heteroatoms. The molecule has 1 N–H and O–H groups in total. The summed E-state index contributed by atoms with van der Waals surface area (Å²) in [6, 6.07) is 8.13. The predicted molar refractivity (Wildman–Crippen MR) is 70.9 cm³/mol. The number of nitrogens with one attached hydrogen (secondary N) is 1. The van der Waals surface area contributed by atoms with E-state index in [9.17, 15) is 0 Å². The fourth-order valence-corrected chi connectivity index (χ4v) is 1.49. The zero-order valence-corrected chi connectivity index (χ0v) is 11.0. The minimum absolute atomic E-state index is 0.366. The summed E-state index contributed by atoms with van der Waals surface area (Å²) in [6.45, 7) is 8.65. The maximum atomic E-state index is 5.71. The van der Waals surface area contributed by atoms with Crippen molar-refractivity contribution in [2.24, 2.45) is 0 Å². The van der Waals surface area contributed by atoms with Gasteiger partial charge in [-0.1, -0.05) is 13.0 Å². The maximum Gasteiger partial charge on any atom is 0.123 e. The van der Waals surface area contributed by atoms with Crippen molar-refractivity contribution in [1.82, 2.24) is 5.32 Å². The lowest BCUT2D eigenvalue weighted by molar-refractivity contribution is 0.271. The average molecular weight is 237 g/mol. The van der Waals surface area contributed by atoms with E-state index < -0.39 is 0 Å². The van der Waals surface area contributed by atoms with Crippen molar-refractivity contribution < 1.29 is 9.47 Å². The van der Waals surface area contributed by atoms with Crippen LogP contribution in [0.3, 0.4) is 0 Å². The Kier molecular flexibility index (Phi) is 6.48. The first kappa shape index (κ1) is 13.8. The number of ether oxygens (including phenoxy) is 2. The van der Waals surface area contributed by atoms with Crippen molar-refractivity contribution in [2.45, 2.75) is 33.2 Å². The van der Waals surface area contributed by atoms with Crippen LogP contribution in [0, 0.1) is 0 Å². The molecule has 0 fully saturated rings. The molecular weight excluding hydrogens is 214 g/mol. The Bertz CT molecular complexity index is 315. The summed E-state index contributed by atoms with van der Waals surface area (Å²) in [7, 11) is 0. The largest absolute Gasteiger partial charge is 0.494 e. The molecule has 0 saturated heterocycles. The second-order valence-corrected chi connectivity index (χ2v) is 4.07. The van der Waals surface area contributed by atoms with E-state index in [1.807, 2.05) is 31.2 Å². The molecule has 17 heavy (non-hydrogen) atoms. The first-order valence-electron chi connectivity index (χ1n) is 6.35. The van der Waals surface area contributed by atoms with Gasteiger partial charge < -0.3 is 14.8 Å². The minimum Gasteiger partial charge on any atom is -0.494 e. The van der Waals surface area contributed by atoms with Gasteiger partial charge in [0.1, 0.15) is 18.1 Å². The van der Waals surface area contributed by atoms with Gasteiger partial charge >= 0.3 is 0 Å². The van der Waals surface area contributed by atoms with Crippen LogP contribution in [0.15, 0.2) is 24.3 Å². The van der Waals surface area contributed by atoms with Crippen molar-refractivity contribution in [3.63, 3.8) is 0 Å². The van der Waals surface area contributed by atoms with Gasteiger partial charge in [-0.3, -0.25) is 0 Å². The molecule has 0 spiro atoms. The second kappa shape index (κ2) is 7.96. The third-order valence-corrected chi connectivity index (χ3v) is 2.36. The van der Waals surface area contributed by atoms with Crippen LogP contribution in [0.1, 0.15) is 27.2 Å². The van der Waals surface area contributed by atoms with Crippen molar-refractivity contribution >= 4 is 0 Å². The fraction of sp³-hybridized carbons (Fsp3) is 0.571. The Balaban J connectivity index is 2.37. The molecular formula is C14H23NO2. The summed E-state index contributed by atoms with van der Waals surface area (Å²) in [5.74, 6) is 1.72. The molecule has 1 atom stereocenters. The Hall–Kier alpha value is -1.22. The molecule has 3 nitrogen and oxygen atoms in total. The van der Waals surface area contributed by atoms with Crippen molar-refractivity contribution in [1.29, 1.82) is 0 Å². The van der Waals surface area contributed by atoms with Crippen LogP contribution in [-0.2, 0) is 0 Å². The Labute approximate surface area is 104 Å². The molecule has 1 unspecified atom stereocenters. The first-order valence-corrected chi connectivity index (χ1v) is 6.35.